The summed E-state index contributed by atoms with van der Waals surface area (Å²) in [5.41, 5.74) is 0.738. The highest BCUT2D eigenvalue weighted by atomic mass is 16.5. The van der Waals surface area contributed by atoms with Gasteiger partial charge in [-0.3, -0.25) is 28.9 Å². The summed E-state index contributed by atoms with van der Waals surface area (Å²) in [5, 5.41) is 3.13. The molecular formula is C40H63N5O6. The topological polar surface area (TPSA) is 120 Å². The molecule has 4 amide bonds. The van der Waals surface area contributed by atoms with Crippen molar-refractivity contribution in [3.63, 3.8) is 0 Å². The molecular weight excluding hydrogens is 646 g/mol. The molecule has 2 aliphatic rings. The number of likely N-dealkylation sites (tertiary alicyclic amines) is 2. The monoisotopic (exact) mass is 709 g/mol. The lowest BCUT2D eigenvalue weighted by Gasteiger charge is -2.41. The molecule has 0 radical (unpaired) electrons. The summed E-state index contributed by atoms with van der Waals surface area (Å²) in [6.45, 7) is 19.0. The molecule has 0 unspecified atom stereocenters. The van der Waals surface area contributed by atoms with Crippen LogP contribution in [0.5, 0.6) is 0 Å². The van der Waals surface area contributed by atoms with E-state index in [1.165, 1.54) is 4.90 Å². The van der Waals surface area contributed by atoms with Crippen molar-refractivity contribution in [2.45, 2.75) is 131 Å². The number of likely N-dealkylation sites (N-methyl/N-ethyl adjacent to an activating group) is 1. The molecule has 1 aromatic rings. The molecule has 11 nitrogen and oxygen atoms in total. The number of ether oxygens (including phenoxy) is 1. The predicted molar refractivity (Wildman–Crippen MR) is 199 cm³/mol. The summed E-state index contributed by atoms with van der Waals surface area (Å²) in [6.07, 6.45) is 5.74. The van der Waals surface area contributed by atoms with Gasteiger partial charge in [-0.15, -0.1) is 0 Å². The van der Waals surface area contributed by atoms with Crippen molar-refractivity contribution in [3.8, 4) is 0 Å². The average Bonchev–Trinajstić information content (AvgIpc) is 3.57. The number of nitrogens with zero attached hydrogens (tertiary/aromatic N) is 4. The lowest BCUT2D eigenvalue weighted by atomic mass is 9.84. The Bertz CT molecular complexity index is 1390. The van der Waals surface area contributed by atoms with E-state index in [2.05, 4.69) is 24.1 Å². The first-order valence-corrected chi connectivity index (χ1v) is 18.8. The van der Waals surface area contributed by atoms with Gasteiger partial charge in [0.15, 0.2) is 0 Å². The van der Waals surface area contributed by atoms with Gasteiger partial charge in [0.1, 0.15) is 18.6 Å². The van der Waals surface area contributed by atoms with Crippen LogP contribution in [0.3, 0.4) is 0 Å². The van der Waals surface area contributed by atoms with Crippen LogP contribution >= 0.6 is 0 Å². The van der Waals surface area contributed by atoms with E-state index < -0.39 is 29.5 Å². The summed E-state index contributed by atoms with van der Waals surface area (Å²) < 4.78 is 5.17. The third kappa shape index (κ3) is 11.1. The molecule has 0 spiro atoms. The van der Waals surface area contributed by atoms with Crippen molar-refractivity contribution < 1.29 is 28.7 Å². The Labute approximate surface area is 306 Å². The maximum absolute atomic E-state index is 14.3. The highest BCUT2D eigenvalue weighted by Crippen LogP contribution is 2.27. The van der Waals surface area contributed by atoms with Crippen LogP contribution in [-0.4, -0.2) is 113 Å². The van der Waals surface area contributed by atoms with Crippen molar-refractivity contribution in [2.75, 3.05) is 33.3 Å². The minimum atomic E-state index is -0.771. The summed E-state index contributed by atoms with van der Waals surface area (Å²) in [7, 11) is 1.73. The summed E-state index contributed by atoms with van der Waals surface area (Å²) >= 11 is 0. The molecule has 1 aromatic carbocycles. The Morgan fingerprint density at radius 2 is 1.61 bits per heavy atom. The van der Waals surface area contributed by atoms with Gasteiger partial charge >= 0.3 is 5.97 Å². The molecule has 0 aliphatic carbocycles. The van der Waals surface area contributed by atoms with Crippen LogP contribution in [0.1, 0.15) is 100.0 Å². The van der Waals surface area contributed by atoms with E-state index >= 15 is 0 Å². The van der Waals surface area contributed by atoms with E-state index in [0.717, 1.165) is 31.4 Å². The maximum Gasteiger partial charge on any atom is 0.325 e. The zero-order valence-electron chi connectivity index (χ0n) is 32.7. The molecule has 2 saturated heterocycles. The van der Waals surface area contributed by atoms with Gasteiger partial charge in [-0.2, -0.15) is 0 Å². The minimum Gasteiger partial charge on any atom is -0.465 e. The number of piperidine rings is 1. The molecule has 1 N–H and O–H groups in total. The van der Waals surface area contributed by atoms with Crippen LogP contribution in [0, 0.1) is 11.3 Å². The molecule has 51 heavy (non-hydrogen) atoms. The molecule has 0 aromatic heterocycles. The Kier molecular flexibility index (Phi) is 15.3. The number of carbonyl (C=O) groups excluding carboxylic acids is 5. The number of amides is 4. The molecule has 2 fully saturated rings. The molecule has 284 valence electrons. The van der Waals surface area contributed by atoms with Crippen LogP contribution in [-0.2, 0) is 35.3 Å². The van der Waals surface area contributed by atoms with Crippen LogP contribution < -0.4 is 5.32 Å². The zero-order chi connectivity index (χ0) is 38.0. The Balaban J connectivity index is 1.82. The largest absolute Gasteiger partial charge is 0.465 e. The first-order chi connectivity index (χ1) is 24.0. The zero-order valence-corrected chi connectivity index (χ0v) is 32.7. The molecule has 4 atom stereocenters. The second kappa shape index (κ2) is 18.7. The predicted octanol–water partition coefficient (Wildman–Crippen LogP) is 4.79. The summed E-state index contributed by atoms with van der Waals surface area (Å²) in [5.74, 6) is -1.46. The van der Waals surface area contributed by atoms with Crippen LogP contribution in [0.4, 0.5) is 0 Å². The third-order valence-electron chi connectivity index (χ3n) is 10.1. The fourth-order valence-electron chi connectivity index (χ4n) is 7.25. The third-order valence-corrected chi connectivity index (χ3v) is 10.1. The normalized spacial score (nSPS) is 19.8. The van der Waals surface area contributed by atoms with Crippen molar-refractivity contribution in [1.82, 2.24) is 24.9 Å². The quantitative estimate of drug-likeness (QED) is 0.218. The highest BCUT2D eigenvalue weighted by Gasteiger charge is 2.41. The number of rotatable bonds is 14. The number of benzene rings is 1. The molecule has 2 aliphatic heterocycles. The van der Waals surface area contributed by atoms with Gasteiger partial charge in [0.05, 0.1) is 18.7 Å². The van der Waals surface area contributed by atoms with Crippen molar-refractivity contribution >= 4 is 29.6 Å². The van der Waals surface area contributed by atoms with Gasteiger partial charge in [0, 0.05) is 31.8 Å². The smallest absolute Gasteiger partial charge is 0.325 e. The van der Waals surface area contributed by atoms with Gasteiger partial charge < -0.3 is 24.8 Å². The van der Waals surface area contributed by atoms with Crippen molar-refractivity contribution in [1.29, 1.82) is 0 Å². The van der Waals surface area contributed by atoms with Gasteiger partial charge in [0.25, 0.3) is 0 Å². The van der Waals surface area contributed by atoms with E-state index in [-0.39, 0.29) is 61.3 Å². The number of hydrogen-bond donors (Lipinski definition) is 1. The van der Waals surface area contributed by atoms with Gasteiger partial charge in [-0.05, 0) is 76.8 Å². The Morgan fingerprint density at radius 3 is 2.20 bits per heavy atom. The van der Waals surface area contributed by atoms with Crippen LogP contribution in [0.2, 0.25) is 0 Å². The fraction of sp³-hybridized carbons (Fsp3) is 0.675. The lowest BCUT2D eigenvalue weighted by molar-refractivity contribution is -0.151. The molecule has 0 saturated carbocycles. The number of hydrogen-bond acceptors (Lipinski definition) is 7. The summed E-state index contributed by atoms with van der Waals surface area (Å²) in [6, 6.07) is 7.44. The van der Waals surface area contributed by atoms with E-state index in [0.29, 0.717) is 25.0 Å². The van der Waals surface area contributed by atoms with Crippen LogP contribution in [0.15, 0.2) is 42.0 Å². The van der Waals surface area contributed by atoms with Gasteiger partial charge in [-0.1, -0.05) is 77.4 Å². The SMILES string of the molecule is CCOC(=O)CN(Cc1ccccc1)C(=O)[C@@H]1CCCN1C(=O)C(C)=C[C@H](C(C)C)N(C)C(=O)[C@@H](NC(=O)[C@H]1CCCCN1C(C)C)C(C)(C)C. The first-order valence-electron chi connectivity index (χ1n) is 18.8. The standard InChI is InChI=1S/C40H63N5O6/c1-11-51-34(46)26-43(25-30-18-13-12-14-19-30)38(49)32-21-17-23-45(32)37(48)29(6)24-33(27(2)3)42(10)39(50)35(40(7,8)9)41-36(47)31-20-15-16-22-44(31)28(4)5/h12-14,18-19,24,27-28,31-33,35H,11,15-17,20-23,25-26H2,1-10H3,(H,41,47)/t31-,32+,33-,35-/m1/s1. The molecule has 11 heteroatoms. The fourth-order valence-corrected chi connectivity index (χ4v) is 7.25. The molecule has 0 bridgehead atoms. The number of nitrogens with one attached hydrogen (secondary N) is 1. The van der Waals surface area contributed by atoms with E-state index in [1.54, 1.807) is 30.7 Å². The second-order valence-electron chi connectivity index (χ2n) is 15.8. The molecule has 2 heterocycles. The number of carbonyl (C=O) groups is 5. The Hall–Kier alpha value is -3.73. The number of esters is 1. The van der Waals surface area contributed by atoms with Gasteiger partial charge in [0.2, 0.25) is 23.6 Å². The Morgan fingerprint density at radius 1 is 0.961 bits per heavy atom. The van der Waals surface area contributed by atoms with E-state index in [1.807, 2.05) is 71.0 Å². The molecule has 3 rings (SSSR count). The first kappa shape index (κ1) is 41.7. The van der Waals surface area contributed by atoms with E-state index in [4.69, 9.17) is 4.74 Å². The van der Waals surface area contributed by atoms with Crippen LogP contribution in [0.25, 0.3) is 0 Å². The maximum atomic E-state index is 14.3. The van der Waals surface area contributed by atoms with E-state index in [9.17, 15) is 24.0 Å². The van der Waals surface area contributed by atoms with Crippen molar-refractivity contribution in [3.05, 3.63) is 47.5 Å². The van der Waals surface area contributed by atoms with Crippen molar-refractivity contribution in [2.24, 2.45) is 11.3 Å². The second-order valence-corrected chi connectivity index (χ2v) is 15.8. The highest BCUT2D eigenvalue weighted by molar-refractivity contribution is 5.98. The van der Waals surface area contributed by atoms with Gasteiger partial charge in [-0.25, -0.2) is 0 Å². The lowest BCUT2D eigenvalue weighted by Crippen LogP contribution is -2.60. The average molecular weight is 710 g/mol. The summed E-state index contributed by atoms with van der Waals surface area (Å²) in [4.78, 5) is 75.5. The minimum absolute atomic E-state index is 0.0465.